The summed E-state index contributed by atoms with van der Waals surface area (Å²) in [4.78, 5) is 3.53. The van der Waals surface area contributed by atoms with Gasteiger partial charge in [0.15, 0.2) is 11.9 Å². The molecule has 23 heavy (non-hydrogen) atoms. The summed E-state index contributed by atoms with van der Waals surface area (Å²) < 4.78 is 7.70. The van der Waals surface area contributed by atoms with Crippen LogP contribution in [0.3, 0.4) is 0 Å². The molecule has 0 saturated heterocycles. The molecule has 0 unspecified atom stereocenters. The second-order valence-corrected chi connectivity index (χ2v) is 5.78. The minimum absolute atomic E-state index is 0.663. The molecule has 0 atom stereocenters. The number of pyridine rings is 1. The van der Waals surface area contributed by atoms with Crippen LogP contribution >= 0.6 is 0 Å². The average molecular weight is 299 g/mol. The maximum atomic E-state index is 7.19. The van der Waals surface area contributed by atoms with Crippen molar-refractivity contribution in [2.45, 2.75) is 6.92 Å². The van der Waals surface area contributed by atoms with Crippen LogP contribution in [-0.2, 0) is 7.05 Å². The molecular formula is C20H15N2O+. The number of aryl methyl sites for hydroxylation is 2. The summed E-state index contributed by atoms with van der Waals surface area (Å²) in [6, 6.07) is 14.1. The van der Waals surface area contributed by atoms with Crippen molar-refractivity contribution in [3.8, 4) is 11.3 Å². The molecule has 110 valence electrons. The van der Waals surface area contributed by atoms with E-state index in [1.54, 1.807) is 6.26 Å². The Morgan fingerprint density at radius 3 is 2.74 bits per heavy atom. The van der Waals surface area contributed by atoms with E-state index < -0.39 is 0 Å². The molecule has 0 N–H and O–H groups in total. The van der Waals surface area contributed by atoms with Crippen LogP contribution in [0.2, 0.25) is 0 Å². The predicted molar refractivity (Wildman–Crippen MR) is 91.3 cm³/mol. The number of hydrogen-bond donors (Lipinski definition) is 0. The molecule has 2 heterocycles. The Morgan fingerprint density at radius 2 is 1.91 bits per heavy atom. The van der Waals surface area contributed by atoms with Crippen LogP contribution in [0.1, 0.15) is 5.56 Å². The molecule has 2 aromatic heterocycles. The third kappa shape index (κ3) is 2.08. The van der Waals surface area contributed by atoms with Gasteiger partial charge in [-0.15, -0.1) is 0 Å². The first-order valence-corrected chi connectivity index (χ1v) is 7.45. The summed E-state index contributed by atoms with van der Waals surface area (Å²) in [6.07, 6.45) is 3.76. The Kier molecular flexibility index (Phi) is 2.92. The first-order chi connectivity index (χ1) is 11.2. The van der Waals surface area contributed by atoms with Gasteiger partial charge in [-0.1, -0.05) is 12.1 Å². The quantitative estimate of drug-likeness (QED) is 0.360. The van der Waals surface area contributed by atoms with Gasteiger partial charge in [-0.05, 0) is 42.1 Å². The van der Waals surface area contributed by atoms with E-state index in [4.69, 9.17) is 11.0 Å². The molecule has 0 amide bonds. The van der Waals surface area contributed by atoms with Crippen molar-refractivity contribution in [1.82, 2.24) is 0 Å². The highest BCUT2D eigenvalue weighted by atomic mass is 16.3. The van der Waals surface area contributed by atoms with E-state index in [0.29, 0.717) is 5.69 Å². The smallest absolute Gasteiger partial charge is 0.220 e. The molecule has 0 aliphatic rings. The van der Waals surface area contributed by atoms with Crippen molar-refractivity contribution in [2.75, 3.05) is 0 Å². The van der Waals surface area contributed by atoms with E-state index in [2.05, 4.69) is 28.5 Å². The first-order valence-electron chi connectivity index (χ1n) is 7.45. The number of rotatable bonds is 1. The monoisotopic (exact) mass is 299 g/mol. The topological polar surface area (TPSA) is 21.4 Å². The summed E-state index contributed by atoms with van der Waals surface area (Å²) in [5.74, 6) is 0. The second kappa shape index (κ2) is 4.96. The summed E-state index contributed by atoms with van der Waals surface area (Å²) in [5, 5.41) is 3.33. The zero-order chi connectivity index (χ0) is 16.0. The van der Waals surface area contributed by atoms with Gasteiger partial charge in [-0.25, -0.2) is 9.41 Å². The molecule has 3 heteroatoms. The molecule has 0 radical (unpaired) electrons. The average Bonchev–Trinajstić information content (AvgIpc) is 3.01. The van der Waals surface area contributed by atoms with Crippen LogP contribution in [0.4, 0.5) is 5.69 Å². The first kappa shape index (κ1) is 13.5. The van der Waals surface area contributed by atoms with E-state index >= 15 is 0 Å². The Labute approximate surface area is 134 Å². The van der Waals surface area contributed by atoms with Crippen LogP contribution in [0.15, 0.2) is 59.3 Å². The van der Waals surface area contributed by atoms with E-state index in [1.165, 1.54) is 5.56 Å². The van der Waals surface area contributed by atoms with Crippen LogP contribution in [-0.4, -0.2) is 0 Å². The standard InChI is InChI=1S/C20H15N2O/c1-13-10-15-7-9-23-19(15)12-18(13)20-17-5-4-16(21-2)11-14(17)6-8-22(20)3/h4-12H,1,3H3/q+1. The zero-order valence-corrected chi connectivity index (χ0v) is 13.0. The van der Waals surface area contributed by atoms with E-state index in [-0.39, 0.29) is 0 Å². The van der Waals surface area contributed by atoms with Gasteiger partial charge in [0.25, 0.3) is 0 Å². The molecule has 0 bridgehead atoms. The Hall–Kier alpha value is -3.12. The number of fused-ring (bicyclic) bond motifs is 2. The van der Waals surface area contributed by atoms with Gasteiger partial charge in [0.2, 0.25) is 5.69 Å². The Morgan fingerprint density at radius 1 is 1.04 bits per heavy atom. The summed E-state index contributed by atoms with van der Waals surface area (Å²) in [5.41, 5.74) is 5.04. The maximum Gasteiger partial charge on any atom is 0.220 e. The molecule has 0 spiro atoms. The van der Waals surface area contributed by atoms with E-state index in [1.807, 2.05) is 43.6 Å². The lowest BCUT2D eigenvalue weighted by Crippen LogP contribution is -2.30. The third-order valence-electron chi connectivity index (χ3n) is 4.30. The third-order valence-corrected chi connectivity index (χ3v) is 4.30. The molecule has 4 aromatic rings. The van der Waals surface area contributed by atoms with Gasteiger partial charge in [0.05, 0.1) is 23.8 Å². The van der Waals surface area contributed by atoms with Gasteiger partial charge in [0.1, 0.15) is 12.6 Å². The van der Waals surface area contributed by atoms with Gasteiger partial charge in [-0.3, -0.25) is 0 Å². The number of furan rings is 1. The van der Waals surface area contributed by atoms with Crippen molar-refractivity contribution < 1.29 is 8.98 Å². The highest BCUT2D eigenvalue weighted by Gasteiger charge is 2.18. The molecule has 0 aliphatic carbocycles. The molecule has 0 fully saturated rings. The minimum Gasteiger partial charge on any atom is -0.464 e. The summed E-state index contributed by atoms with van der Waals surface area (Å²) in [6.45, 7) is 9.31. The van der Waals surface area contributed by atoms with Crippen molar-refractivity contribution in [1.29, 1.82) is 0 Å². The van der Waals surface area contributed by atoms with Crippen LogP contribution in [0.5, 0.6) is 0 Å². The molecule has 4 rings (SSSR count). The Balaban J connectivity index is 2.08. The van der Waals surface area contributed by atoms with Crippen LogP contribution in [0.25, 0.3) is 37.8 Å². The molecule has 2 aromatic carbocycles. The van der Waals surface area contributed by atoms with Crippen molar-refractivity contribution in [2.24, 2.45) is 7.05 Å². The Bertz CT molecular complexity index is 1100. The van der Waals surface area contributed by atoms with Gasteiger partial charge < -0.3 is 4.42 Å². The summed E-state index contributed by atoms with van der Waals surface area (Å²) >= 11 is 0. The fourth-order valence-corrected chi connectivity index (χ4v) is 3.14. The highest BCUT2D eigenvalue weighted by molar-refractivity contribution is 5.97. The van der Waals surface area contributed by atoms with Crippen molar-refractivity contribution in [3.05, 3.63) is 71.9 Å². The maximum absolute atomic E-state index is 7.19. The summed E-state index contributed by atoms with van der Waals surface area (Å²) in [7, 11) is 2.04. The van der Waals surface area contributed by atoms with Gasteiger partial charge >= 0.3 is 0 Å². The SMILES string of the molecule is [C-]#[N+]c1ccc2c(-c3cc4occc4cc3C)[n+](C)ccc2c1. The predicted octanol–water partition coefficient (Wildman–Crippen LogP) is 4.94. The number of benzene rings is 2. The number of nitrogens with zero attached hydrogens (tertiary/aromatic N) is 2. The second-order valence-electron chi connectivity index (χ2n) is 5.78. The molecule has 0 aliphatic heterocycles. The fraction of sp³-hybridized carbons (Fsp3) is 0.100. The molecule has 0 saturated carbocycles. The van der Waals surface area contributed by atoms with Crippen LogP contribution in [0, 0.1) is 13.5 Å². The molecule has 3 nitrogen and oxygen atoms in total. The lowest BCUT2D eigenvalue weighted by Gasteiger charge is -2.08. The fourth-order valence-electron chi connectivity index (χ4n) is 3.14. The lowest BCUT2D eigenvalue weighted by molar-refractivity contribution is -0.659. The van der Waals surface area contributed by atoms with E-state index in [9.17, 15) is 0 Å². The zero-order valence-electron chi connectivity index (χ0n) is 13.0. The van der Waals surface area contributed by atoms with Gasteiger partial charge in [-0.2, -0.15) is 0 Å². The largest absolute Gasteiger partial charge is 0.464 e. The van der Waals surface area contributed by atoms with E-state index in [0.717, 1.165) is 33.0 Å². The van der Waals surface area contributed by atoms with Gasteiger partial charge in [0, 0.05) is 11.5 Å². The number of hydrogen-bond acceptors (Lipinski definition) is 1. The minimum atomic E-state index is 0.663. The lowest BCUT2D eigenvalue weighted by atomic mass is 9.98. The number of aromatic nitrogens is 1. The van der Waals surface area contributed by atoms with Crippen molar-refractivity contribution in [3.63, 3.8) is 0 Å². The normalized spacial score (nSPS) is 11.0. The van der Waals surface area contributed by atoms with Crippen LogP contribution < -0.4 is 4.57 Å². The van der Waals surface area contributed by atoms with Crippen molar-refractivity contribution >= 4 is 27.4 Å². The molecular weight excluding hydrogens is 284 g/mol. The highest BCUT2D eigenvalue weighted by Crippen LogP contribution is 2.32.